The Morgan fingerprint density at radius 3 is 2.17 bits per heavy atom. The number of hydrogen-bond donors (Lipinski definition) is 0. The van der Waals surface area contributed by atoms with Crippen LogP contribution < -0.4 is 15.1 Å². The molecule has 0 amide bonds. The van der Waals surface area contributed by atoms with Gasteiger partial charge in [-0.2, -0.15) is 0 Å². The van der Waals surface area contributed by atoms with Crippen LogP contribution in [0.2, 0.25) is 0 Å². The van der Waals surface area contributed by atoms with E-state index in [0.29, 0.717) is 17.9 Å². The Hall–Kier alpha value is -2.01. The van der Waals surface area contributed by atoms with Crippen LogP contribution in [0.3, 0.4) is 0 Å². The third-order valence-corrected chi connectivity index (χ3v) is 8.39. The number of ether oxygens (including phenoxy) is 2. The van der Waals surface area contributed by atoms with Crippen LogP contribution in [0.5, 0.6) is 11.5 Å². The van der Waals surface area contributed by atoms with E-state index in [2.05, 4.69) is 40.7 Å². The second kappa shape index (κ2) is 13.0. The summed E-state index contributed by atoms with van der Waals surface area (Å²) in [7, 11) is 0. The minimum absolute atomic E-state index is 0.257. The first-order chi connectivity index (χ1) is 17.2. The van der Waals surface area contributed by atoms with E-state index in [0.717, 1.165) is 47.9 Å². The summed E-state index contributed by atoms with van der Waals surface area (Å²) in [5.41, 5.74) is 1.98. The fourth-order valence-corrected chi connectivity index (χ4v) is 5.58. The van der Waals surface area contributed by atoms with Gasteiger partial charge < -0.3 is 18.4 Å². The van der Waals surface area contributed by atoms with Gasteiger partial charge >= 0.3 is 5.63 Å². The van der Waals surface area contributed by atoms with E-state index in [4.69, 9.17) is 13.9 Å². The number of hydrogen-bond acceptors (Lipinski definition) is 4. The lowest BCUT2D eigenvalue weighted by atomic mass is 9.92. The second-order valence-electron chi connectivity index (χ2n) is 11.4. The molecule has 1 aromatic carbocycles. The average Bonchev–Trinajstić information content (AvgIpc) is 2.85. The Labute approximate surface area is 218 Å². The van der Waals surface area contributed by atoms with Crippen molar-refractivity contribution < 1.29 is 18.4 Å². The van der Waals surface area contributed by atoms with Crippen LogP contribution in [0, 0.1) is 6.92 Å². The summed E-state index contributed by atoms with van der Waals surface area (Å²) in [6.07, 6.45) is 12.0. The van der Waals surface area contributed by atoms with Gasteiger partial charge in [-0.25, -0.2) is 4.79 Å². The van der Waals surface area contributed by atoms with Crippen LogP contribution in [-0.4, -0.2) is 42.9 Å². The summed E-state index contributed by atoms with van der Waals surface area (Å²) < 4.78 is 19.5. The Kier molecular flexibility index (Phi) is 10.3. The highest BCUT2D eigenvalue weighted by Gasteiger charge is 2.31. The molecule has 0 bridgehead atoms. The van der Waals surface area contributed by atoms with Crippen molar-refractivity contribution in [1.82, 2.24) is 0 Å². The molecule has 0 fully saturated rings. The standard InChI is InChI=1S/C31H50NO4/c1-7-32(8-2,9-3)20-16-14-12-10-11-13-15-17-21-34-30-28-25(18-19-31(5,6)36-28)23-26-24(4)22-27(33)35-29(26)30/h22-23H,7-21H2,1-6H3/q+1. The van der Waals surface area contributed by atoms with Crippen molar-refractivity contribution >= 4 is 11.0 Å². The van der Waals surface area contributed by atoms with Gasteiger partial charge in [-0.05, 0) is 90.8 Å². The first-order valence-corrected chi connectivity index (χ1v) is 14.5. The number of rotatable bonds is 15. The van der Waals surface area contributed by atoms with Gasteiger partial charge in [0.1, 0.15) is 5.60 Å². The quantitative estimate of drug-likeness (QED) is 0.144. The molecule has 36 heavy (non-hydrogen) atoms. The third kappa shape index (κ3) is 7.27. The number of quaternary nitrogens is 1. The fourth-order valence-electron chi connectivity index (χ4n) is 5.58. The number of nitrogens with zero attached hydrogens (tertiary/aromatic N) is 1. The summed E-state index contributed by atoms with van der Waals surface area (Å²) >= 11 is 0. The van der Waals surface area contributed by atoms with Crippen molar-refractivity contribution in [3.8, 4) is 11.5 Å². The Morgan fingerprint density at radius 1 is 0.917 bits per heavy atom. The van der Waals surface area contributed by atoms with Crippen molar-refractivity contribution in [2.24, 2.45) is 0 Å². The van der Waals surface area contributed by atoms with E-state index >= 15 is 0 Å². The summed E-state index contributed by atoms with van der Waals surface area (Å²) in [6, 6.07) is 3.66. The summed E-state index contributed by atoms with van der Waals surface area (Å²) in [5, 5.41) is 0.944. The van der Waals surface area contributed by atoms with Gasteiger partial charge in [0.25, 0.3) is 0 Å². The molecule has 0 saturated heterocycles. The monoisotopic (exact) mass is 500 g/mol. The van der Waals surface area contributed by atoms with Gasteiger partial charge in [0.05, 0.1) is 32.8 Å². The second-order valence-corrected chi connectivity index (χ2v) is 11.4. The molecule has 0 radical (unpaired) electrons. The number of unbranched alkanes of at least 4 members (excludes halogenated alkanes) is 7. The summed E-state index contributed by atoms with van der Waals surface area (Å²) in [4.78, 5) is 12.1. The largest absolute Gasteiger partial charge is 0.486 e. The van der Waals surface area contributed by atoms with E-state index < -0.39 is 0 Å². The van der Waals surface area contributed by atoms with Crippen molar-refractivity contribution in [3.05, 3.63) is 33.7 Å². The lowest BCUT2D eigenvalue weighted by molar-refractivity contribution is -0.923. The topological polar surface area (TPSA) is 48.7 Å². The lowest BCUT2D eigenvalue weighted by Crippen LogP contribution is -2.48. The average molecular weight is 501 g/mol. The summed E-state index contributed by atoms with van der Waals surface area (Å²) in [6.45, 7) is 18.9. The molecule has 5 heteroatoms. The molecule has 202 valence electrons. The van der Waals surface area contributed by atoms with Crippen molar-refractivity contribution in [1.29, 1.82) is 0 Å². The van der Waals surface area contributed by atoms with E-state index in [1.54, 1.807) is 6.07 Å². The van der Waals surface area contributed by atoms with E-state index in [1.807, 2.05) is 6.92 Å². The molecule has 0 atom stereocenters. The minimum Gasteiger partial charge on any atom is -0.486 e. The van der Waals surface area contributed by atoms with E-state index in [1.165, 1.54) is 69.2 Å². The highest BCUT2D eigenvalue weighted by Crippen LogP contribution is 2.45. The van der Waals surface area contributed by atoms with Crippen LogP contribution in [0.4, 0.5) is 0 Å². The highest BCUT2D eigenvalue weighted by atomic mass is 16.5. The maximum absolute atomic E-state index is 12.1. The normalized spacial score (nSPS) is 15.1. The Bertz CT molecular complexity index is 1030. The van der Waals surface area contributed by atoms with Crippen molar-refractivity contribution in [3.63, 3.8) is 0 Å². The van der Waals surface area contributed by atoms with E-state index in [-0.39, 0.29) is 11.2 Å². The van der Waals surface area contributed by atoms with Crippen LogP contribution in [0.1, 0.15) is 104 Å². The zero-order valence-electron chi connectivity index (χ0n) is 23.8. The molecule has 3 rings (SSSR count). The molecule has 1 aliphatic heterocycles. The molecule has 2 heterocycles. The SMILES string of the molecule is CC[N+](CC)(CC)CCCCCCCCCCOc1c2c(cc3c(C)cc(=O)oc13)CCC(C)(C)O2. The first kappa shape index (κ1) is 28.6. The molecule has 0 aliphatic carbocycles. The molecule has 0 unspecified atom stereocenters. The Morgan fingerprint density at radius 2 is 1.53 bits per heavy atom. The van der Waals surface area contributed by atoms with Gasteiger partial charge in [0.15, 0.2) is 11.3 Å². The molecule has 2 aromatic rings. The van der Waals surface area contributed by atoms with Gasteiger partial charge in [-0.15, -0.1) is 0 Å². The van der Waals surface area contributed by atoms with Crippen molar-refractivity contribution in [2.75, 3.05) is 32.8 Å². The third-order valence-electron chi connectivity index (χ3n) is 8.39. The molecular formula is C31H50NO4+. The lowest BCUT2D eigenvalue weighted by Gasteiger charge is -2.35. The fraction of sp³-hybridized carbons (Fsp3) is 0.710. The maximum Gasteiger partial charge on any atom is 0.336 e. The van der Waals surface area contributed by atoms with Gasteiger partial charge in [0.2, 0.25) is 5.75 Å². The van der Waals surface area contributed by atoms with Gasteiger partial charge in [0, 0.05) is 11.5 Å². The van der Waals surface area contributed by atoms with Crippen LogP contribution in [0.25, 0.3) is 11.0 Å². The summed E-state index contributed by atoms with van der Waals surface area (Å²) in [5.74, 6) is 1.36. The molecule has 5 nitrogen and oxygen atoms in total. The number of benzene rings is 1. The smallest absolute Gasteiger partial charge is 0.336 e. The van der Waals surface area contributed by atoms with E-state index in [9.17, 15) is 4.79 Å². The molecule has 1 aromatic heterocycles. The molecule has 0 saturated carbocycles. The van der Waals surface area contributed by atoms with Crippen molar-refractivity contribution in [2.45, 2.75) is 111 Å². The Balaban J connectivity index is 1.46. The minimum atomic E-state index is -0.344. The maximum atomic E-state index is 12.1. The zero-order chi connectivity index (χ0) is 26.2. The van der Waals surface area contributed by atoms with Crippen LogP contribution in [0.15, 0.2) is 21.3 Å². The van der Waals surface area contributed by atoms with Crippen LogP contribution in [-0.2, 0) is 6.42 Å². The predicted molar refractivity (Wildman–Crippen MR) is 149 cm³/mol. The molecule has 0 N–H and O–H groups in total. The van der Waals surface area contributed by atoms with Gasteiger partial charge in [-0.1, -0.05) is 32.1 Å². The molecular weight excluding hydrogens is 450 g/mol. The van der Waals surface area contributed by atoms with Gasteiger partial charge in [-0.3, -0.25) is 0 Å². The number of aryl methyl sites for hydroxylation is 2. The van der Waals surface area contributed by atoms with Crippen LogP contribution >= 0.6 is 0 Å². The highest BCUT2D eigenvalue weighted by molar-refractivity contribution is 5.89. The molecule has 0 spiro atoms. The molecule has 1 aliphatic rings. The zero-order valence-corrected chi connectivity index (χ0v) is 23.8. The number of fused-ring (bicyclic) bond motifs is 2. The predicted octanol–water partition coefficient (Wildman–Crippen LogP) is 7.58. The first-order valence-electron chi connectivity index (χ1n) is 14.5.